The lowest BCUT2D eigenvalue weighted by atomic mass is 10.3. The van der Waals surface area contributed by atoms with Crippen molar-refractivity contribution >= 4 is 0 Å². The van der Waals surface area contributed by atoms with E-state index >= 15 is 0 Å². The van der Waals surface area contributed by atoms with Gasteiger partial charge in [-0.15, -0.1) is 0 Å². The normalized spacial score (nSPS) is 16.8. The predicted octanol–water partition coefficient (Wildman–Crippen LogP) is 1.61. The third-order valence-corrected chi connectivity index (χ3v) is 1.27. The van der Waals surface area contributed by atoms with E-state index in [4.69, 9.17) is 0 Å². The summed E-state index contributed by atoms with van der Waals surface area (Å²) in [6.07, 6.45) is 11.5. The summed E-state index contributed by atoms with van der Waals surface area (Å²) in [6, 6.07) is 0. The number of hydrogen-bond donors (Lipinski definition) is 1. The van der Waals surface area contributed by atoms with E-state index < -0.39 is 0 Å². The lowest BCUT2D eigenvalue weighted by Gasteiger charge is -1.94. The van der Waals surface area contributed by atoms with Crippen LogP contribution in [-0.4, -0.2) is 7.05 Å². The van der Waals surface area contributed by atoms with Crippen molar-refractivity contribution in [3.63, 3.8) is 0 Å². The number of allylic oxidation sites excluding steroid dienone is 5. The molecule has 1 rings (SSSR count). The molecule has 0 radical (unpaired) electrons. The quantitative estimate of drug-likeness (QED) is 0.555. The molecule has 0 atom stereocenters. The van der Waals surface area contributed by atoms with Crippen LogP contribution in [0.1, 0.15) is 6.42 Å². The molecular weight excluding hydrogens is 110 g/mol. The molecule has 0 saturated heterocycles. The van der Waals surface area contributed by atoms with Gasteiger partial charge in [0.05, 0.1) is 0 Å². The molecule has 1 nitrogen and oxygen atoms in total. The van der Waals surface area contributed by atoms with Crippen molar-refractivity contribution in [2.24, 2.45) is 0 Å². The molecule has 0 heterocycles. The van der Waals surface area contributed by atoms with Crippen LogP contribution in [0.4, 0.5) is 0 Å². The molecule has 0 aromatic rings. The molecule has 1 aliphatic rings. The van der Waals surface area contributed by atoms with Gasteiger partial charge in [0.1, 0.15) is 0 Å². The van der Waals surface area contributed by atoms with Crippen LogP contribution in [0.2, 0.25) is 0 Å². The van der Waals surface area contributed by atoms with Gasteiger partial charge < -0.3 is 5.32 Å². The zero-order chi connectivity index (χ0) is 6.53. The highest BCUT2D eigenvalue weighted by Gasteiger charge is 1.85. The zero-order valence-electron chi connectivity index (χ0n) is 5.59. The van der Waals surface area contributed by atoms with Gasteiger partial charge in [0.25, 0.3) is 0 Å². The van der Waals surface area contributed by atoms with Crippen molar-refractivity contribution in [1.29, 1.82) is 0 Å². The van der Waals surface area contributed by atoms with Crippen molar-refractivity contribution in [2.45, 2.75) is 6.42 Å². The molecule has 0 unspecified atom stereocenters. The largest absolute Gasteiger partial charge is 0.388 e. The van der Waals surface area contributed by atoms with Gasteiger partial charge in [-0.25, -0.2) is 0 Å². The van der Waals surface area contributed by atoms with Gasteiger partial charge >= 0.3 is 0 Å². The fraction of sp³-hybridized carbons (Fsp3) is 0.250. The van der Waals surface area contributed by atoms with Gasteiger partial charge in [0, 0.05) is 12.7 Å². The first kappa shape index (κ1) is 6.14. The maximum atomic E-state index is 3.07. The highest BCUT2D eigenvalue weighted by molar-refractivity contribution is 5.25. The van der Waals surface area contributed by atoms with E-state index in [2.05, 4.69) is 35.7 Å². The van der Waals surface area contributed by atoms with Crippen LogP contribution < -0.4 is 5.32 Å². The maximum Gasteiger partial charge on any atom is 0.0334 e. The van der Waals surface area contributed by atoms with E-state index in [0.717, 1.165) is 6.42 Å². The predicted molar refractivity (Wildman–Crippen MR) is 40.0 cm³/mol. The minimum atomic E-state index is 1.04. The highest BCUT2D eigenvalue weighted by Crippen LogP contribution is 1.99. The molecule has 1 heteroatoms. The first-order valence-electron chi connectivity index (χ1n) is 3.14. The van der Waals surface area contributed by atoms with E-state index in [1.54, 1.807) is 0 Å². The minimum absolute atomic E-state index is 1.04. The van der Waals surface area contributed by atoms with Crippen LogP contribution in [0.3, 0.4) is 0 Å². The van der Waals surface area contributed by atoms with Gasteiger partial charge in [-0.1, -0.05) is 18.2 Å². The average molecular weight is 121 g/mol. The zero-order valence-corrected chi connectivity index (χ0v) is 5.59. The van der Waals surface area contributed by atoms with E-state index in [9.17, 15) is 0 Å². The van der Waals surface area contributed by atoms with Crippen molar-refractivity contribution in [3.05, 3.63) is 36.1 Å². The smallest absolute Gasteiger partial charge is 0.0334 e. The summed E-state index contributed by atoms with van der Waals surface area (Å²) in [5.74, 6) is 0. The topological polar surface area (TPSA) is 12.0 Å². The first-order valence-corrected chi connectivity index (χ1v) is 3.14. The van der Waals surface area contributed by atoms with Crippen LogP contribution in [0.5, 0.6) is 0 Å². The Hall–Kier alpha value is -0.980. The van der Waals surface area contributed by atoms with Crippen molar-refractivity contribution in [1.82, 2.24) is 5.32 Å². The van der Waals surface area contributed by atoms with Gasteiger partial charge in [-0.3, -0.25) is 0 Å². The van der Waals surface area contributed by atoms with Gasteiger partial charge in [0.2, 0.25) is 0 Å². The van der Waals surface area contributed by atoms with Crippen LogP contribution in [-0.2, 0) is 0 Å². The highest BCUT2D eigenvalue weighted by atomic mass is 14.8. The number of nitrogens with one attached hydrogen (secondary N) is 1. The summed E-state index contributed by atoms with van der Waals surface area (Å²) in [7, 11) is 1.93. The van der Waals surface area contributed by atoms with Crippen molar-refractivity contribution in [3.8, 4) is 0 Å². The molecule has 0 aliphatic heterocycles. The summed E-state index contributed by atoms with van der Waals surface area (Å²) in [6.45, 7) is 0. The van der Waals surface area contributed by atoms with E-state index in [1.807, 2.05) is 7.05 Å². The van der Waals surface area contributed by atoms with Gasteiger partial charge in [-0.05, 0) is 18.6 Å². The van der Waals surface area contributed by atoms with Gasteiger partial charge in [0.15, 0.2) is 0 Å². The molecule has 1 aliphatic carbocycles. The third-order valence-electron chi connectivity index (χ3n) is 1.27. The van der Waals surface area contributed by atoms with Crippen LogP contribution in [0, 0.1) is 0 Å². The Kier molecular flexibility index (Phi) is 2.13. The monoisotopic (exact) mass is 121 g/mol. The van der Waals surface area contributed by atoms with Crippen molar-refractivity contribution < 1.29 is 0 Å². The summed E-state index contributed by atoms with van der Waals surface area (Å²) in [4.78, 5) is 0. The molecular formula is C8H11N. The molecule has 0 aromatic carbocycles. The fourth-order valence-electron chi connectivity index (χ4n) is 0.746. The van der Waals surface area contributed by atoms with Crippen LogP contribution >= 0.6 is 0 Å². The Morgan fingerprint density at radius 3 is 3.11 bits per heavy atom. The van der Waals surface area contributed by atoms with Gasteiger partial charge in [-0.2, -0.15) is 0 Å². The van der Waals surface area contributed by atoms with E-state index in [0.29, 0.717) is 0 Å². The Labute approximate surface area is 55.8 Å². The average Bonchev–Trinajstić information content (AvgIpc) is 2.13. The number of likely N-dealkylation sites (N-methyl/N-ethyl adjacent to an activating group) is 1. The van der Waals surface area contributed by atoms with E-state index in [1.165, 1.54) is 5.70 Å². The van der Waals surface area contributed by atoms with Crippen LogP contribution in [0.15, 0.2) is 36.1 Å². The second kappa shape index (κ2) is 3.13. The Bertz CT molecular complexity index is 163. The standard InChI is InChI=1S/C8H11N/c1-9-8-6-4-2-3-5-7-8/h2,4-7,9H,3H2,1H3. The molecule has 0 spiro atoms. The number of rotatable bonds is 1. The molecule has 0 aromatic heterocycles. The van der Waals surface area contributed by atoms with Crippen LogP contribution in [0.25, 0.3) is 0 Å². The molecule has 9 heavy (non-hydrogen) atoms. The number of hydrogen-bond acceptors (Lipinski definition) is 1. The maximum absolute atomic E-state index is 3.07. The summed E-state index contributed by atoms with van der Waals surface area (Å²) < 4.78 is 0. The lowest BCUT2D eigenvalue weighted by molar-refractivity contribution is 1.03. The Morgan fingerprint density at radius 1 is 1.44 bits per heavy atom. The summed E-state index contributed by atoms with van der Waals surface area (Å²) in [5, 5.41) is 3.07. The SMILES string of the molecule is CNC1=CC=CCC=C1. The second-order valence-electron chi connectivity index (χ2n) is 1.94. The molecule has 0 saturated carbocycles. The molecule has 1 N–H and O–H groups in total. The molecule has 48 valence electrons. The lowest BCUT2D eigenvalue weighted by Crippen LogP contribution is -2.01. The Balaban J connectivity index is 2.67. The summed E-state index contributed by atoms with van der Waals surface area (Å²) in [5.41, 5.74) is 1.17. The second-order valence-corrected chi connectivity index (χ2v) is 1.94. The molecule has 0 amide bonds. The summed E-state index contributed by atoms with van der Waals surface area (Å²) >= 11 is 0. The first-order chi connectivity index (χ1) is 4.43. The van der Waals surface area contributed by atoms with E-state index in [-0.39, 0.29) is 0 Å². The molecule has 0 bridgehead atoms. The fourth-order valence-corrected chi connectivity index (χ4v) is 0.746. The Morgan fingerprint density at radius 2 is 2.33 bits per heavy atom. The third kappa shape index (κ3) is 1.76. The van der Waals surface area contributed by atoms with Crippen molar-refractivity contribution in [2.75, 3.05) is 7.05 Å². The molecule has 0 fully saturated rings. The minimum Gasteiger partial charge on any atom is -0.388 e.